The SMILES string of the molecule is COc1cc(Br)c(CNCC(=O)OC(C)(C)C)cc1OC. The smallest absolute Gasteiger partial charge is 0.320 e. The van der Waals surface area contributed by atoms with Crippen LogP contribution in [0, 0.1) is 0 Å². The second-order valence-corrected chi connectivity index (χ2v) is 6.34. The third-order valence-electron chi connectivity index (χ3n) is 2.56. The van der Waals surface area contributed by atoms with E-state index in [9.17, 15) is 4.79 Å². The fourth-order valence-electron chi connectivity index (χ4n) is 1.71. The third-order valence-corrected chi connectivity index (χ3v) is 3.30. The quantitative estimate of drug-likeness (QED) is 0.791. The Morgan fingerprint density at radius 3 is 2.29 bits per heavy atom. The molecule has 1 rings (SSSR count). The van der Waals surface area contributed by atoms with E-state index in [-0.39, 0.29) is 12.5 Å². The molecule has 0 amide bonds. The minimum atomic E-state index is -0.470. The Hall–Kier alpha value is -1.27. The fraction of sp³-hybridized carbons (Fsp3) is 0.533. The summed E-state index contributed by atoms with van der Waals surface area (Å²) in [5.74, 6) is 1.02. The van der Waals surface area contributed by atoms with E-state index in [4.69, 9.17) is 14.2 Å². The van der Waals surface area contributed by atoms with E-state index in [2.05, 4.69) is 21.2 Å². The molecule has 1 aromatic carbocycles. The van der Waals surface area contributed by atoms with Gasteiger partial charge in [0.25, 0.3) is 0 Å². The number of benzene rings is 1. The predicted molar refractivity (Wildman–Crippen MR) is 84.8 cm³/mol. The molecule has 5 nitrogen and oxygen atoms in total. The van der Waals surface area contributed by atoms with Crippen LogP contribution in [0.5, 0.6) is 11.5 Å². The lowest BCUT2D eigenvalue weighted by Gasteiger charge is -2.19. The van der Waals surface area contributed by atoms with Crippen LogP contribution in [0.25, 0.3) is 0 Å². The average molecular weight is 360 g/mol. The first-order chi connectivity index (χ1) is 9.76. The lowest BCUT2D eigenvalue weighted by molar-refractivity contribution is -0.153. The van der Waals surface area contributed by atoms with Crippen molar-refractivity contribution in [2.24, 2.45) is 0 Å². The van der Waals surface area contributed by atoms with Crippen molar-refractivity contribution in [3.8, 4) is 11.5 Å². The van der Waals surface area contributed by atoms with E-state index in [1.54, 1.807) is 14.2 Å². The molecule has 0 aliphatic heterocycles. The Labute approximate surface area is 134 Å². The summed E-state index contributed by atoms with van der Waals surface area (Å²) >= 11 is 3.48. The minimum absolute atomic E-state index is 0.151. The van der Waals surface area contributed by atoms with Gasteiger partial charge >= 0.3 is 5.97 Å². The molecule has 0 unspecified atom stereocenters. The molecule has 118 valence electrons. The van der Waals surface area contributed by atoms with Crippen LogP contribution in [0.15, 0.2) is 16.6 Å². The molecule has 0 aliphatic rings. The molecule has 0 saturated heterocycles. The van der Waals surface area contributed by atoms with E-state index >= 15 is 0 Å². The maximum absolute atomic E-state index is 11.6. The Morgan fingerprint density at radius 1 is 1.19 bits per heavy atom. The van der Waals surface area contributed by atoms with Gasteiger partial charge in [-0.25, -0.2) is 0 Å². The number of nitrogens with one attached hydrogen (secondary N) is 1. The largest absolute Gasteiger partial charge is 0.493 e. The van der Waals surface area contributed by atoms with Gasteiger partial charge in [0.05, 0.1) is 20.8 Å². The number of ether oxygens (including phenoxy) is 3. The maximum Gasteiger partial charge on any atom is 0.320 e. The molecule has 1 N–H and O–H groups in total. The fourth-order valence-corrected chi connectivity index (χ4v) is 2.17. The van der Waals surface area contributed by atoms with E-state index in [1.807, 2.05) is 32.9 Å². The van der Waals surface area contributed by atoms with Crippen LogP contribution < -0.4 is 14.8 Å². The molecule has 1 aromatic rings. The number of hydrogen-bond acceptors (Lipinski definition) is 5. The first-order valence-corrected chi connectivity index (χ1v) is 7.39. The number of halogens is 1. The van der Waals surface area contributed by atoms with Gasteiger partial charge in [-0.05, 0) is 38.5 Å². The van der Waals surface area contributed by atoms with Crippen molar-refractivity contribution in [3.63, 3.8) is 0 Å². The Balaban J connectivity index is 2.62. The molecule has 0 spiro atoms. The molecule has 0 heterocycles. The number of carbonyl (C=O) groups excluding carboxylic acids is 1. The highest BCUT2D eigenvalue weighted by Crippen LogP contribution is 2.33. The van der Waals surface area contributed by atoms with Gasteiger partial charge in [-0.2, -0.15) is 0 Å². The van der Waals surface area contributed by atoms with Crippen molar-refractivity contribution < 1.29 is 19.0 Å². The summed E-state index contributed by atoms with van der Waals surface area (Å²) in [6.07, 6.45) is 0. The lowest BCUT2D eigenvalue weighted by atomic mass is 10.2. The molecule has 21 heavy (non-hydrogen) atoms. The Morgan fingerprint density at radius 2 is 1.76 bits per heavy atom. The third kappa shape index (κ3) is 5.93. The zero-order valence-electron chi connectivity index (χ0n) is 13.1. The van der Waals surface area contributed by atoms with Crippen LogP contribution in [0.1, 0.15) is 26.3 Å². The molecule has 0 saturated carbocycles. The maximum atomic E-state index is 11.6. The van der Waals surface area contributed by atoms with Crippen LogP contribution in [-0.4, -0.2) is 32.3 Å². The molecule has 0 radical (unpaired) electrons. The summed E-state index contributed by atoms with van der Waals surface area (Å²) < 4.78 is 16.6. The summed E-state index contributed by atoms with van der Waals surface area (Å²) in [4.78, 5) is 11.6. The molecular weight excluding hydrogens is 338 g/mol. The number of esters is 1. The van der Waals surface area contributed by atoms with Crippen LogP contribution in [0.2, 0.25) is 0 Å². The lowest BCUT2D eigenvalue weighted by Crippen LogP contribution is -2.31. The Bertz CT molecular complexity index is 497. The summed E-state index contributed by atoms with van der Waals surface area (Å²) in [6.45, 7) is 6.19. The van der Waals surface area contributed by atoms with Gasteiger partial charge in [-0.15, -0.1) is 0 Å². The van der Waals surface area contributed by atoms with Crippen molar-refractivity contribution in [3.05, 3.63) is 22.2 Å². The normalized spacial score (nSPS) is 11.1. The highest BCUT2D eigenvalue weighted by Gasteiger charge is 2.16. The average Bonchev–Trinajstić information content (AvgIpc) is 2.38. The molecule has 6 heteroatoms. The highest BCUT2D eigenvalue weighted by atomic mass is 79.9. The van der Waals surface area contributed by atoms with Gasteiger partial charge in [0, 0.05) is 11.0 Å². The summed E-state index contributed by atoms with van der Waals surface area (Å²) in [5, 5.41) is 3.05. The number of carbonyl (C=O) groups is 1. The van der Waals surface area contributed by atoms with Crippen molar-refractivity contribution in [1.29, 1.82) is 0 Å². The monoisotopic (exact) mass is 359 g/mol. The van der Waals surface area contributed by atoms with Crippen molar-refractivity contribution in [2.75, 3.05) is 20.8 Å². The number of methoxy groups -OCH3 is 2. The summed E-state index contributed by atoms with van der Waals surface area (Å²) in [7, 11) is 3.17. The zero-order valence-corrected chi connectivity index (χ0v) is 14.7. The molecule has 0 fully saturated rings. The molecule has 0 aliphatic carbocycles. The van der Waals surface area contributed by atoms with Crippen molar-refractivity contribution >= 4 is 21.9 Å². The van der Waals surface area contributed by atoms with Gasteiger partial charge in [0.15, 0.2) is 11.5 Å². The predicted octanol–water partition coefficient (Wildman–Crippen LogP) is 2.90. The molecule has 0 aromatic heterocycles. The second kappa shape index (κ2) is 7.66. The second-order valence-electron chi connectivity index (χ2n) is 5.49. The topological polar surface area (TPSA) is 56.8 Å². The first kappa shape index (κ1) is 17.8. The molecule has 0 atom stereocenters. The van der Waals surface area contributed by atoms with Crippen molar-refractivity contribution in [2.45, 2.75) is 32.9 Å². The van der Waals surface area contributed by atoms with Crippen molar-refractivity contribution in [1.82, 2.24) is 5.32 Å². The van der Waals surface area contributed by atoms with E-state index in [0.29, 0.717) is 18.0 Å². The van der Waals surface area contributed by atoms with Gasteiger partial charge in [0.1, 0.15) is 5.60 Å². The first-order valence-electron chi connectivity index (χ1n) is 6.60. The van der Waals surface area contributed by atoms with E-state index < -0.39 is 5.60 Å². The summed E-state index contributed by atoms with van der Waals surface area (Å²) in [5.41, 5.74) is 0.499. The molecular formula is C15H22BrNO4. The van der Waals surface area contributed by atoms with Crippen LogP contribution in [-0.2, 0) is 16.1 Å². The van der Waals surface area contributed by atoms with E-state index in [1.165, 1.54) is 0 Å². The van der Waals surface area contributed by atoms with Gasteiger partial charge in [-0.1, -0.05) is 15.9 Å². The highest BCUT2D eigenvalue weighted by molar-refractivity contribution is 9.10. The molecule has 0 bridgehead atoms. The van der Waals surface area contributed by atoms with Crippen LogP contribution >= 0.6 is 15.9 Å². The van der Waals surface area contributed by atoms with Gasteiger partial charge in [0.2, 0.25) is 0 Å². The van der Waals surface area contributed by atoms with Crippen LogP contribution in [0.4, 0.5) is 0 Å². The summed E-state index contributed by atoms with van der Waals surface area (Å²) in [6, 6.07) is 3.70. The standard InChI is InChI=1S/C15H22BrNO4/c1-15(2,3)21-14(18)9-17-8-10-6-12(19-4)13(20-5)7-11(10)16/h6-7,17H,8-9H2,1-5H3. The zero-order chi connectivity index (χ0) is 16.0. The van der Waals surface area contributed by atoms with Gasteiger partial charge < -0.3 is 19.5 Å². The Kier molecular flexibility index (Phi) is 6.48. The number of hydrogen-bond donors (Lipinski definition) is 1. The van der Waals surface area contributed by atoms with Gasteiger partial charge in [-0.3, -0.25) is 4.79 Å². The number of rotatable bonds is 6. The van der Waals surface area contributed by atoms with Crippen LogP contribution in [0.3, 0.4) is 0 Å². The van der Waals surface area contributed by atoms with E-state index in [0.717, 1.165) is 10.0 Å². The minimum Gasteiger partial charge on any atom is -0.493 e.